The largest absolute Gasteiger partial charge is 0.332 e. The number of aryl methyl sites for hydroxylation is 1. The smallest absolute Gasteiger partial charge is 0.225 e. The molecule has 4 nitrogen and oxygen atoms in total. The summed E-state index contributed by atoms with van der Waals surface area (Å²) in [6.07, 6.45) is 17.3. The molecular formula is C24H44N4. The van der Waals surface area contributed by atoms with Crippen LogP contribution >= 0.6 is 0 Å². The highest BCUT2D eigenvalue weighted by molar-refractivity contribution is 5.36. The van der Waals surface area contributed by atoms with Crippen LogP contribution in [0.25, 0.3) is 0 Å². The lowest BCUT2D eigenvalue weighted by Crippen LogP contribution is -2.62. The number of piperidine rings is 1. The summed E-state index contributed by atoms with van der Waals surface area (Å²) in [6.45, 7) is 13.2. The highest BCUT2D eigenvalue weighted by atomic mass is 15.4. The predicted octanol–water partition coefficient (Wildman–Crippen LogP) is 5.86. The van der Waals surface area contributed by atoms with E-state index in [-0.39, 0.29) is 0 Å². The zero-order valence-corrected chi connectivity index (χ0v) is 19.2. The monoisotopic (exact) mass is 388 g/mol. The number of hydrogen-bond acceptors (Lipinski definition) is 4. The van der Waals surface area contributed by atoms with Gasteiger partial charge in [0.05, 0.1) is 0 Å². The molecule has 160 valence electrons. The summed E-state index contributed by atoms with van der Waals surface area (Å²) in [5.41, 5.74) is 1.30. The van der Waals surface area contributed by atoms with Crippen molar-refractivity contribution >= 4 is 5.95 Å². The zero-order valence-electron chi connectivity index (χ0n) is 19.2. The number of hydrogen-bond donors (Lipinski definition) is 0. The van der Waals surface area contributed by atoms with E-state index in [9.17, 15) is 0 Å². The Kier molecular flexibility index (Phi) is 10.3. The highest BCUT2D eigenvalue weighted by Gasteiger charge is 2.39. The van der Waals surface area contributed by atoms with Gasteiger partial charge in [0.2, 0.25) is 5.95 Å². The fraction of sp³-hybridized carbons (Fsp3) is 0.833. The van der Waals surface area contributed by atoms with Gasteiger partial charge in [-0.1, -0.05) is 52.9 Å². The SMILES string of the molecule is CC.CCCCCCCCc1cnc(N2C3CCCC2CN(C(C)C)C3)nc1. The second-order valence-electron chi connectivity index (χ2n) is 8.60. The molecule has 2 aliphatic heterocycles. The van der Waals surface area contributed by atoms with Gasteiger partial charge < -0.3 is 4.90 Å². The molecule has 0 radical (unpaired) electrons. The van der Waals surface area contributed by atoms with E-state index in [1.165, 1.54) is 63.4 Å². The van der Waals surface area contributed by atoms with Crippen LogP contribution in [0.5, 0.6) is 0 Å². The van der Waals surface area contributed by atoms with E-state index in [0.717, 1.165) is 25.5 Å². The Morgan fingerprint density at radius 2 is 1.50 bits per heavy atom. The van der Waals surface area contributed by atoms with Crippen LogP contribution in [0.4, 0.5) is 5.95 Å². The minimum atomic E-state index is 0.592. The molecule has 2 saturated heterocycles. The maximum absolute atomic E-state index is 4.78. The molecular weight excluding hydrogens is 344 g/mol. The van der Waals surface area contributed by atoms with Crippen molar-refractivity contribution in [1.82, 2.24) is 14.9 Å². The minimum Gasteiger partial charge on any atom is -0.332 e. The number of rotatable bonds is 9. The van der Waals surface area contributed by atoms with Crippen LogP contribution in [0.1, 0.15) is 98.0 Å². The molecule has 2 bridgehead atoms. The Bertz CT molecular complexity index is 514. The summed E-state index contributed by atoms with van der Waals surface area (Å²) < 4.78 is 0. The van der Waals surface area contributed by atoms with Gasteiger partial charge in [-0.15, -0.1) is 0 Å². The van der Waals surface area contributed by atoms with Gasteiger partial charge in [-0.2, -0.15) is 0 Å². The fourth-order valence-electron chi connectivity index (χ4n) is 4.61. The number of likely N-dealkylation sites (tertiary alicyclic amines) is 1. The van der Waals surface area contributed by atoms with Crippen LogP contribution in [0.2, 0.25) is 0 Å². The molecule has 2 unspecified atom stereocenters. The summed E-state index contributed by atoms with van der Waals surface area (Å²) in [4.78, 5) is 14.7. The van der Waals surface area contributed by atoms with Gasteiger partial charge in [0.15, 0.2) is 0 Å². The molecule has 4 heteroatoms. The third kappa shape index (κ3) is 6.43. The zero-order chi connectivity index (χ0) is 20.4. The second kappa shape index (κ2) is 12.4. The molecule has 0 amide bonds. The first kappa shape index (κ1) is 23.1. The van der Waals surface area contributed by atoms with Gasteiger partial charge in [-0.3, -0.25) is 4.90 Å². The maximum atomic E-state index is 4.78. The molecule has 1 aromatic rings. The fourth-order valence-corrected chi connectivity index (χ4v) is 4.61. The molecule has 0 aromatic carbocycles. The molecule has 0 saturated carbocycles. The molecule has 3 rings (SSSR count). The number of nitrogens with zero attached hydrogens (tertiary/aromatic N) is 4. The van der Waals surface area contributed by atoms with Crippen molar-refractivity contribution in [3.63, 3.8) is 0 Å². The molecule has 1 aromatic heterocycles. The Labute approximate surface area is 174 Å². The van der Waals surface area contributed by atoms with Crippen LogP contribution in [0.15, 0.2) is 12.4 Å². The number of aromatic nitrogens is 2. The number of fused-ring (bicyclic) bond motifs is 2. The van der Waals surface area contributed by atoms with Crippen molar-refractivity contribution in [2.24, 2.45) is 0 Å². The quantitative estimate of drug-likeness (QED) is 0.496. The lowest BCUT2D eigenvalue weighted by Gasteiger charge is -2.51. The van der Waals surface area contributed by atoms with Crippen LogP contribution < -0.4 is 4.90 Å². The van der Waals surface area contributed by atoms with Crippen molar-refractivity contribution in [3.8, 4) is 0 Å². The van der Waals surface area contributed by atoms with Gasteiger partial charge in [0, 0.05) is 43.6 Å². The predicted molar refractivity (Wildman–Crippen MR) is 121 cm³/mol. The first-order valence-corrected chi connectivity index (χ1v) is 12.0. The van der Waals surface area contributed by atoms with Crippen molar-refractivity contribution in [3.05, 3.63) is 18.0 Å². The molecule has 2 aliphatic rings. The number of piperazine rings is 1. The van der Waals surface area contributed by atoms with Crippen molar-refractivity contribution in [2.75, 3.05) is 18.0 Å². The standard InChI is InChI=1S/C22H38N4.C2H6/c1-4-5-6-7-8-9-11-19-14-23-22(24-15-19)26-20-12-10-13-21(26)17-25(16-20)18(2)3;1-2/h14-15,18,20-21H,4-13,16-17H2,1-3H3;1-2H3. The average molecular weight is 389 g/mol. The lowest BCUT2D eigenvalue weighted by molar-refractivity contribution is 0.124. The summed E-state index contributed by atoms with van der Waals surface area (Å²) in [6, 6.07) is 1.82. The van der Waals surface area contributed by atoms with Crippen molar-refractivity contribution in [2.45, 2.75) is 117 Å². The Morgan fingerprint density at radius 3 is 2.07 bits per heavy atom. The van der Waals surface area contributed by atoms with Crippen LogP contribution in [0, 0.1) is 0 Å². The van der Waals surface area contributed by atoms with Gasteiger partial charge in [0.25, 0.3) is 0 Å². The summed E-state index contributed by atoms with van der Waals surface area (Å²) in [7, 11) is 0. The third-order valence-electron chi connectivity index (χ3n) is 6.22. The van der Waals surface area contributed by atoms with Gasteiger partial charge in [-0.05, 0) is 51.5 Å². The minimum absolute atomic E-state index is 0.592. The van der Waals surface area contributed by atoms with E-state index in [4.69, 9.17) is 9.97 Å². The summed E-state index contributed by atoms with van der Waals surface area (Å²) in [5, 5.41) is 0. The normalized spacial score (nSPS) is 22.1. The molecule has 0 aliphatic carbocycles. The van der Waals surface area contributed by atoms with Crippen LogP contribution in [-0.4, -0.2) is 46.1 Å². The Balaban J connectivity index is 0.00000136. The van der Waals surface area contributed by atoms with Gasteiger partial charge >= 0.3 is 0 Å². The van der Waals surface area contributed by atoms with Gasteiger partial charge in [0.1, 0.15) is 0 Å². The molecule has 2 atom stereocenters. The molecule has 2 fully saturated rings. The second-order valence-corrected chi connectivity index (χ2v) is 8.60. The Morgan fingerprint density at radius 1 is 0.929 bits per heavy atom. The topological polar surface area (TPSA) is 32.3 Å². The van der Waals surface area contributed by atoms with Crippen LogP contribution in [0.3, 0.4) is 0 Å². The van der Waals surface area contributed by atoms with E-state index < -0.39 is 0 Å². The molecule has 28 heavy (non-hydrogen) atoms. The van der Waals surface area contributed by atoms with Crippen LogP contribution in [-0.2, 0) is 6.42 Å². The molecule has 0 N–H and O–H groups in total. The summed E-state index contributed by atoms with van der Waals surface area (Å²) in [5.74, 6) is 0.967. The average Bonchev–Trinajstić information content (AvgIpc) is 2.71. The molecule has 3 heterocycles. The Hall–Kier alpha value is -1.16. The third-order valence-corrected chi connectivity index (χ3v) is 6.22. The van der Waals surface area contributed by atoms with E-state index in [0.29, 0.717) is 18.1 Å². The first-order valence-electron chi connectivity index (χ1n) is 12.0. The van der Waals surface area contributed by atoms with E-state index in [2.05, 4.69) is 43.0 Å². The molecule has 0 spiro atoms. The number of anilines is 1. The lowest BCUT2D eigenvalue weighted by atomic mass is 9.91. The summed E-state index contributed by atoms with van der Waals surface area (Å²) >= 11 is 0. The number of unbranched alkanes of at least 4 members (excludes halogenated alkanes) is 5. The maximum Gasteiger partial charge on any atom is 0.225 e. The van der Waals surface area contributed by atoms with Crippen molar-refractivity contribution < 1.29 is 0 Å². The van der Waals surface area contributed by atoms with E-state index >= 15 is 0 Å². The van der Waals surface area contributed by atoms with E-state index in [1.54, 1.807) is 0 Å². The van der Waals surface area contributed by atoms with Crippen molar-refractivity contribution in [1.29, 1.82) is 0 Å². The highest BCUT2D eigenvalue weighted by Crippen LogP contribution is 2.32. The van der Waals surface area contributed by atoms with Gasteiger partial charge in [-0.25, -0.2) is 9.97 Å². The van der Waals surface area contributed by atoms with E-state index in [1.807, 2.05) is 13.8 Å². The first-order chi connectivity index (χ1) is 13.7.